The fourth-order valence-corrected chi connectivity index (χ4v) is 9.43. The highest BCUT2D eigenvalue weighted by Gasteiger charge is 2.52. The molecule has 11 nitrogen and oxygen atoms in total. The van der Waals surface area contributed by atoms with E-state index in [1.807, 2.05) is 105 Å². The maximum absolute atomic E-state index is 13.7. The van der Waals surface area contributed by atoms with E-state index in [0.29, 0.717) is 46.2 Å². The number of amides is 2. The monoisotopic (exact) mass is 899 g/mol. The minimum atomic E-state index is -1.02. The highest BCUT2D eigenvalue weighted by atomic mass is 35.5. The third-order valence-corrected chi connectivity index (χ3v) is 12.6. The molecule has 2 aliphatic rings. The minimum Gasteiger partial charge on any atom is -0.496 e. The van der Waals surface area contributed by atoms with Crippen LogP contribution in [0.3, 0.4) is 0 Å². The predicted octanol–water partition coefficient (Wildman–Crippen LogP) is 10.9. The molecule has 328 valence electrons. The summed E-state index contributed by atoms with van der Waals surface area (Å²) in [5.74, 6) is -1.32. The number of carbonyl (C=O) groups is 4. The lowest BCUT2D eigenvalue weighted by Crippen LogP contribution is -2.42. The van der Waals surface area contributed by atoms with Gasteiger partial charge in [0.25, 0.3) is 11.8 Å². The van der Waals surface area contributed by atoms with Gasteiger partial charge < -0.3 is 29.5 Å². The molecule has 2 fully saturated rings. The smallest absolute Gasteiger partial charge is 0.326 e. The van der Waals surface area contributed by atoms with Crippen LogP contribution in [0.5, 0.6) is 11.5 Å². The summed E-state index contributed by atoms with van der Waals surface area (Å²) in [6.07, 6.45) is 4.56. The first-order chi connectivity index (χ1) is 30.7. The van der Waals surface area contributed by atoms with Crippen molar-refractivity contribution in [1.29, 1.82) is 0 Å². The van der Waals surface area contributed by atoms with E-state index < -0.39 is 35.5 Å². The van der Waals surface area contributed by atoms with E-state index in [0.717, 1.165) is 39.1 Å². The number of pyridine rings is 1. The van der Waals surface area contributed by atoms with Crippen LogP contribution in [0.2, 0.25) is 10.0 Å². The molecule has 3 heterocycles. The Balaban J connectivity index is 0.000000192. The van der Waals surface area contributed by atoms with Crippen LogP contribution in [0.1, 0.15) is 77.0 Å². The summed E-state index contributed by atoms with van der Waals surface area (Å²) < 4.78 is 10.8. The second kappa shape index (κ2) is 19.4. The van der Waals surface area contributed by atoms with Crippen LogP contribution < -0.4 is 9.47 Å². The van der Waals surface area contributed by atoms with E-state index in [1.54, 1.807) is 63.0 Å². The van der Waals surface area contributed by atoms with Crippen LogP contribution in [0.25, 0.3) is 22.3 Å². The van der Waals surface area contributed by atoms with E-state index in [1.165, 1.54) is 9.80 Å². The van der Waals surface area contributed by atoms with Crippen molar-refractivity contribution < 1.29 is 38.9 Å². The molecule has 4 atom stereocenters. The van der Waals surface area contributed by atoms with Crippen molar-refractivity contribution in [1.82, 2.24) is 14.8 Å². The number of benzene rings is 5. The number of methoxy groups -OCH3 is 2. The summed E-state index contributed by atoms with van der Waals surface area (Å²) in [6.45, 7) is 3.96. The SMILES string of the molecule is COc1ccccc1-c1ccc(C(=O)N2C(c3ccccc3Cl)C(C)(C)C[C@H]2C(=O)O)cc1.COc1cnccc1-c1ccc(C(=O)N2[C@@H](c3ccccc3Cl)CC[C@H]2C(=O)O)cc1. The van der Waals surface area contributed by atoms with Gasteiger partial charge in [-0.2, -0.15) is 0 Å². The minimum absolute atomic E-state index is 0.329. The van der Waals surface area contributed by atoms with Crippen LogP contribution in [-0.2, 0) is 9.59 Å². The van der Waals surface area contributed by atoms with Gasteiger partial charge in [-0.05, 0) is 95.5 Å². The number of carboxylic acid groups (broad SMARTS) is 2. The number of halogens is 2. The number of hydrogen-bond acceptors (Lipinski definition) is 7. The van der Waals surface area contributed by atoms with Gasteiger partial charge in [-0.25, -0.2) is 9.59 Å². The lowest BCUT2D eigenvalue weighted by molar-refractivity contribution is -0.142. The van der Waals surface area contributed by atoms with Crippen LogP contribution in [0, 0.1) is 5.41 Å². The zero-order valence-corrected chi connectivity index (χ0v) is 37.2. The largest absolute Gasteiger partial charge is 0.496 e. The quantitative estimate of drug-likeness (QED) is 0.137. The van der Waals surface area contributed by atoms with Crippen molar-refractivity contribution in [2.24, 2.45) is 5.41 Å². The number of likely N-dealkylation sites (tertiary alicyclic amines) is 2. The maximum atomic E-state index is 13.7. The van der Waals surface area contributed by atoms with Gasteiger partial charge in [0.2, 0.25) is 0 Å². The molecule has 1 aromatic heterocycles. The lowest BCUT2D eigenvalue weighted by Gasteiger charge is -2.34. The standard InChI is InChI=1S/C27H26ClNO4.C24H21ClN2O4/c1-27(2)16-22(26(31)32)29(24(27)20-9-4-6-10-21(20)28)25(30)18-14-12-17(13-15-18)19-8-5-7-11-23(19)33-3;1-31-22-14-26-13-12-17(22)15-6-8-16(9-7-15)23(28)27-20(10-11-21(27)24(29)30)18-4-2-3-5-19(18)25/h4-15,22,24H,16H2,1-3H3,(H,31,32);2-9,12-14,20-21H,10-11H2,1H3,(H,29,30)/t22-,24?;20-,21+/m01/s1. The molecule has 0 spiro atoms. The average Bonchev–Trinajstić information content (AvgIpc) is 3.88. The number of rotatable bonds is 10. The fraction of sp³-hybridized carbons (Fsp3) is 0.235. The number of aliphatic carboxylic acids is 2. The van der Waals surface area contributed by atoms with E-state index in [9.17, 15) is 29.4 Å². The number of aromatic nitrogens is 1. The summed E-state index contributed by atoms with van der Waals surface area (Å²) in [5.41, 5.74) is 5.44. The molecule has 64 heavy (non-hydrogen) atoms. The van der Waals surface area contributed by atoms with Gasteiger partial charge >= 0.3 is 11.9 Å². The number of para-hydroxylation sites is 1. The zero-order chi connectivity index (χ0) is 45.7. The second-order valence-corrected chi connectivity index (χ2v) is 17.1. The third-order valence-electron chi connectivity index (χ3n) is 12.0. The van der Waals surface area contributed by atoms with Gasteiger partial charge in [0.05, 0.1) is 32.5 Å². The van der Waals surface area contributed by atoms with Gasteiger partial charge in [0.1, 0.15) is 23.6 Å². The number of ether oxygens (including phenoxy) is 2. The van der Waals surface area contributed by atoms with Crippen molar-refractivity contribution in [3.8, 4) is 33.8 Å². The van der Waals surface area contributed by atoms with Crippen molar-refractivity contribution in [2.75, 3.05) is 14.2 Å². The Morgan fingerprint density at radius 2 is 1.11 bits per heavy atom. The summed E-state index contributed by atoms with van der Waals surface area (Å²) >= 11 is 12.9. The van der Waals surface area contributed by atoms with E-state index in [4.69, 9.17) is 32.7 Å². The van der Waals surface area contributed by atoms with E-state index in [-0.39, 0.29) is 17.9 Å². The van der Waals surface area contributed by atoms with Gasteiger partial charge in [-0.3, -0.25) is 14.6 Å². The molecule has 6 aromatic rings. The van der Waals surface area contributed by atoms with Crippen molar-refractivity contribution in [2.45, 2.75) is 57.3 Å². The first-order valence-electron chi connectivity index (χ1n) is 20.7. The highest BCUT2D eigenvalue weighted by molar-refractivity contribution is 6.31. The predicted molar refractivity (Wildman–Crippen MR) is 246 cm³/mol. The number of hydrogen-bond donors (Lipinski definition) is 2. The average molecular weight is 901 g/mol. The maximum Gasteiger partial charge on any atom is 0.326 e. The molecule has 2 amide bonds. The Bertz CT molecular complexity index is 2670. The van der Waals surface area contributed by atoms with E-state index >= 15 is 0 Å². The van der Waals surface area contributed by atoms with Crippen molar-refractivity contribution >= 4 is 47.0 Å². The third kappa shape index (κ3) is 9.18. The lowest BCUT2D eigenvalue weighted by atomic mass is 9.80. The molecular weight excluding hydrogens is 853 g/mol. The normalized spacial score (nSPS) is 18.7. The molecule has 13 heteroatoms. The Hall–Kier alpha value is -6.69. The molecule has 1 unspecified atom stereocenters. The molecular formula is C51H47Cl2N3O8. The second-order valence-electron chi connectivity index (χ2n) is 16.3. The molecule has 2 N–H and O–H groups in total. The summed E-state index contributed by atoms with van der Waals surface area (Å²) in [4.78, 5) is 58.2. The Labute approximate surface area is 381 Å². The van der Waals surface area contributed by atoms with Crippen LogP contribution >= 0.6 is 23.2 Å². The van der Waals surface area contributed by atoms with Crippen molar-refractivity contribution in [3.05, 3.63) is 172 Å². The van der Waals surface area contributed by atoms with Crippen LogP contribution in [0.15, 0.2) is 140 Å². The summed E-state index contributed by atoms with van der Waals surface area (Å²) in [7, 11) is 3.19. The summed E-state index contributed by atoms with van der Waals surface area (Å²) in [6, 6.07) is 35.6. The van der Waals surface area contributed by atoms with Crippen LogP contribution in [-0.4, -0.2) is 75.1 Å². The summed E-state index contributed by atoms with van der Waals surface area (Å²) in [5, 5.41) is 20.7. The molecule has 0 aliphatic carbocycles. The fourth-order valence-electron chi connectivity index (χ4n) is 8.93. The van der Waals surface area contributed by atoms with Gasteiger partial charge in [0.15, 0.2) is 0 Å². The van der Waals surface area contributed by atoms with Gasteiger partial charge in [-0.15, -0.1) is 0 Å². The Kier molecular flexibility index (Phi) is 13.7. The van der Waals surface area contributed by atoms with Gasteiger partial charge in [-0.1, -0.05) is 116 Å². The number of carboxylic acids is 2. The van der Waals surface area contributed by atoms with Crippen molar-refractivity contribution in [3.63, 3.8) is 0 Å². The molecule has 5 aromatic carbocycles. The Morgan fingerprint density at radius 1 is 0.609 bits per heavy atom. The van der Waals surface area contributed by atoms with Gasteiger partial charge in [0, 0.05) is 38.5 Å². The molecule has 2 aliphatic heterocycles. The van der Waals surface area contributed by atoms with Crippen LogP contribution in [0.4, 0.5) is 0 Å². The molecule has 8 rings (SSSR count). The Morgan fingerprint density at radius 3 is 1.66 bits per heavy atom. The first kappa shape index (κ1) is 45.3. The number of nitrogens with zero attached hydrogens (tertiary/aromatic N) is 3. The highest BCUT2D eigenvalue weighted by Crippen LogP contribution is 2.52. The topological polar surface area (TPSA) is 147 Å². The first-order valence-corrected chi connectivity index (χ1v) is 21.4. The molecule has 0 radical (unpaired) electrons. The molecule has 2 saturated heterocycles. The molecule has 0 saturated carbocycles. The number of carbonyl (C=O) groups excluding carboxylic acids is 2. The zero-order valence-electron chi connectivity index (χ0n) is 35.7. The molecule has 0 bridgehead atoms. The van der Waals surface area contributed by atoms with E-state index in [2.05, 4.69) is 4.98 Å².